The maximum Gasteiger partial charge on any atom is 0.126 e. The lowest BCUT2D eigenvalue weighted by Gasteiger charge is -2.11. The number of hydrogen-bond donors (Lipinski definition) is 1. The fraction of sp³-hybridized carbons (Fsp3) is 0.571. The molecule has 0 saturated heterocycles. The van der Waals surface area contributed by atoms with E-state index in [0.717, 1.165) is 18.0 Å². The van der Waals surface area contributed by atoms with Crippen molar-refractivity contribution in [3.05, 3.63) is 23.8 Å². The molecule has 2 rings (SSSR count). The molecule has 0 aromatic heterocycles. The second-order valence-electron chi connectivity index (χ2n) is 5.25. The quantitative estimate of drug-likeness (QED) is 0.871. The Morgan fingerprint density at radius 2 is 1.94 bits per heavy atom. The summed E-state index contributed by atoms with van der Waals surface area (Å²) in [5, 5.41) is 0. The van der Waals surface area contributed by atoms with Crippen molar-refractivity contribution in [1.82, 2.24) is 0 Å². The summed E-state index contributed by atoms with van der Waals surface area (Å²) >= 11 is 0. The standard InChI is InChI=1S/C14H21NO2/c1-14(2)11(8-15)13(14)10-6-5-9(16-3)7-12(10)17-4/h5-7,11,13H,8,15H2,1-4H3/t11-,13-/m0/s1. The fourth-order valence-corrected chi connectivity index (χ4v) is 2.88. The van der Waals surface area contributed by atoms with Crippen molar-refractivity contribution in [1.29, 1.82) is 0 Å². The van der Waals surface area contributed by atoms with Crippen molar-refractivity contribution in [2.45, 2.75) is 19.8 Å². The second kappa shape index (κ2) is 4.22. The molecule has 1 aromatic carbocycles. The van der Waals surface area contributed by atoms with Gasteiger partial charge in [0.2, 0.25) is 0 Å². The fourth-order valence-electron chi connectivity index (χ4n) is 2.88. The molecular weight excluding hydrogens is 214 g/mol. The molecule has 0 spiro atoms. The smallest absolute Gasteiger partial charge is 0.126 e. The van der Waals surface area contributed by atoms with E-state index in [1.54, 1.807) is 14.2 Å². The van der Waals surface area contributed by atoms with Crippen LogP contribution in [0.3, 0.4) is 0 Å². The number of methoxy groups -OCH3 is 2. The van der Waals surface area contributed by atoms with Gasteiger partial charge in [0.15, 0.2) is 0 Å². The van der Waals surface area contributed by atoms with E-state index >= 15 is 0 Å². The highest BCUT2D eigenvalue weighted by atomic mass is 16.5. The van der Waals surface area contributed by atoms with Crippen LogP contribution in [0.25, 0.3) is 0 Å². The van der Waals surface area contributed by atoms with Gasteiger partial charge in [-0.2, -0.15) is 0 Å². The zero-order valence-electron chi connectivity index (χ0n) is 11.0. The van der Waals surface area contributed by atoms with Crippen LogP contribution in [0.1, 0.15) is 25.3 Å². The minimum atomic E-state index is 0.274. The average Bonchev–Trinajstić information content (AvgIpc) is 2.89. The van der Waals surface area contributed by atoms with E-state index in [0.29, 0.717) is 11.8 Å². The third-order valence-corrected chi connectivity index (χ3v) is 4.08. The summed E-state index contributed by atoms with van der Waals surface area (Å²) in [7, 11) is 3.36. The maximum atomic E-state index is 5.82. The molecular formula is C14H21NO2. The number of nitrogens with two attached hydrogens (primary N) is 1. The van der Waals surface area contributed by atoms with Gasteiger partial charge in [0.05, 0.1) is 14.2 Å². The molecule has 17 heavy (non-hydrogen) atoms. The molecule has 2 atom stereocenters. The predicted octanol–water partition coefficient (Wildman–Crippen LogP) is 2.40. The van der Waals surface area contributed by atoms with Crippen LogP contribution >= 0.6 is 0 Å². The first-order valence-electron chi connectivity index (χ1n) is 5.98. The normalized spacial score (nSPS) is 25.5. The van der Waals surface area contributed by atoms with Gasteiger partial charge in [-0.05, 0) is 35.4 Å². The van der Waals surface area contributed by atoms with Crippen molar-refractivity contribution in [2.24, 2.45) is 17.1 Å². The lowest BCUT2D eigenvalue weighted by molar-refractivity contribution is 0.390. The van der Waals surface area contributed by atoms with Gasteiger partial charge in [0, 0.05) is 6.07 Å². The molecule has 0 heterocycles. The summed E-state index contributed by atoms with van der Waals surface area (Å²) < 4.78 is 10.7. The zero-order chi connectivity index (χ0) is 12.6. The molecule has 1 aliphatic rings. The molecule has 3 heteroatoms. The van der Waals surface area contributed by atoms with E-state index in [4.69, 9.17) is 15.2 Å². The van der Waals surface area contributed by atoms with Crippen molar-refractivity contribution in [3.63, 3.8) is 0 Å². The van der Waals surface area contributed by atoms with E-state index < -0.39 is 0 Å². The van der Waals surface area contributed by atoms with Crippen LogP contribution in [0.4, 0.5) is 0 Å². The first-order valence-corrected chi connectivity index (χ1v) is 5.98. The Morgan fingerprint density at radius 1 is 1.24 bits per heavy atom. The number of rotatable bonds is 4. The van der Waals surface area contributed by atoms with Crippen LogP contribution in [-0.2, 0) is 0 Å². The highest BCUT2D eigenvalue weighted by Crippen LogP contribution is 2.65. The van der Waals surface area contributed by atoms with Gasteiger partial charge in [-0.3, -0.25) is 0 Å². The lowest BCUT2D eigenvalue weighted by Crippen LogP contribution is -2.05. The monoisotopic (exact) mass is 235 g/mol. The summed E-state index contributed by atoms with van der Waals surface area (Å²) in [5.41, 5.74) is 7.34. The Kier molecular flexibility index (Phi) is 3.04. The molecule has 2 N–H and O–H groups in total. The van der Waals surface area contributed by atoms with Crippen LogP contribution in [-0.4, -0.2) is 20.8 Å². The summed E-state index contributed by atoms with van der Waals surface area (Å²) in [6.45, 7) is 5.25. The van der Waals surface area contributed by atoms with Crippen molar-refractivity contribution in [3.8, 4) is 11.5 Å². The lowest BCUT2D eigenvalue weighted by atomic mass is 10.0. The predicted molar refractivity (Wildman–Crippen MR) is 68.6 cm³/mol. The maximum absolute atomic E-state index is 5.82. The first-order chi connectivity index (χ1) is 8.06. The summed E-state index contributed by atoms with van der Waals surface area (Å²) in [4.78, 5) is 0. The summed E-state index contributed by atoms with van der Waals surface area (Å²) in [6, 6.07) is 6.02. The van der Waals surface area contributed by atoms with E-state index in [1.807, 2.05) is 12.1 Å². The Hall–Kier alpha value is -1.22. The number of benzene rings is 1. The van der Waals surface area contributed by atoms with Gasteiger partial charge in [-0.1, -0.05) is 19.9 Å². The third kappa shape index (κ3) is 1.89. The third-order valence-electron chi connectivity index (χ3n) is 4.08. The van der Waals surface area contributed by atoms with Crippen LogP contribution < -0.4 is 15.2 Å². The minimum Gasteiger partial charge on any atom is -0.497 e. The van der Waals surface area contributed by atoms with Gasteiger partial charge in [-0.15, -0.1) is 0 Å². The molecule has 0 aliphatic heterocycles. The van der Waals surface area contributed by atoms with Crippen LogP contribution in [0.5, 0.6) is 11.5 Å². The molecule has 94 valence electrons. The average molecular weight is 235 g/mol. The zero-order valence-corrected chi connectivity index (χ0v) is 11.0. The van der Waals surface area contributed by atoms with Crippen molar-refractivity contribution >= 4 is 0 Å². The molecule has 1 aliphatic carbocycles. The summed E-state index contributed by atoms with van der Waals surface area (Å²) in [5.74, 6) is 2.77. The Labute approximate surface area is 103 Å². The van der Waals surface area contributed by atoms with Gasteiger partial charge < -0.3 is 15.2 Å². The minimum absolute atomic E-state index is 0.274. The highest BCUT2D eigenvalue weighted by Gasteiger charge is 2.58. The topological polar surface area (TPSA) is 44.5 Å². The molecule has 1 fully saturated rings. The first kappa shape index (κ1) is 12.2. The van der Waals surface area contributed by atoms with E-state index in [2.05, 4.69) is 19.9 Å². The van der Waals surface area contributed by atoms with Crippen molar-refractivity contribution in [2.75, 3.05) is 20.8 Å². The second-order valence-corrected chi connectivity index (χ2v) is 5.25. The van der Waals surface area contributed by atoms with Gasteiger partial charge >= 0.3 is 0 Å². The molecule has 0 radical (unpaired) electrons. The summed E-state index contributed by atoms with van der Waals surface area (Å²) in [6.07, 6.45) is 0. The van der Waals surface area contributed by atoms with Gasteiger partial charge in [0.1, 0.15) is 11.5 Å². The van der Waals surface area contributed by atoms with Crippen LogP contribution in [0.2, 0.25) is 0 Å². The van der Waals surface area contributed by atoms with Crippen molar-refractivity contribution < 1.29 is 9.47 Å². The van der Waals surface area contributed by atoms with E-state index in [9.17, 15) is 0 Å². The van der Waals surface area contributed by atoms with E-state index in [-0.39, 0.29) is 5.41 Å². The molecule has 1 aromatic rings. The van der Waals surface area contributed by atoms with E-state index in [1.165, 1.54) is 5.56 Å². The highest BCUT2D eigenvalue weighted by molar-refractivity contribution is 5.47. The largest absolute Gasteiger partial charge is 0.497 e. The molecule has 0 bridgehead atoms. The molecule has 3 nitrogen and oxygen atoms in total. The van der Waals surface area contributed by atoms with Gasteiger partial charge in [-0.25, -0.2) is 0 Å². The van der Waals surface area contributed by atoms with Gasteiger partial charge in [0.25, 0.3) is 0 Å². The Morgan fingerprint density at radius 3 is 2.41 bits per heavy atom. The van der Waals surface area contributed by atoms with Crippen LogP contribution in [0.15, 0.2) is 18.2 Å². The number of ether oxygens (including phenoxy) is 2. The Bertz CT molecular complexity index is 415. The molecule has 0 unspecified atom stereocenters. The number of hydrogen-bond acceptors (Lipinski definition) is 3. The Balaban J connectivity index is 2.34. The molecule has 1 saturated carbocycles. The van der Waals surface area contributed by atoms with Crippen LogP contribution in [0, 0.1) is 11.3 Å². The SMILES string of the molecule is COc1ccc([C@H]2[C@H](CN)C2(C)C)c(OC)c1. The molecule has 0 amide bonds.